The molecule has 0 saturated carbocycles. The molecule has 0 unspecified atom stereocenters. The Morgan fingerprint density at radius 1 is 0.800 bits per heavy atom. The van der Waals surface area contributed by atoms with E-state index >= 15 is 0 Å². The summed E-state index contributed by atoms with van der Waals surface area (Å²) in [5.74, 6) is 1.24. The summed E-state index contributed by atoms with van der Waals surface area (Å²) < 4.78 is 5.89. The van der Waals surface area contributed by atoms with E-state index in [2.05, 4.69) is 6.07 Å². The monoisotopic (exact) mass is 260 g/mol. The summed E-state index contributed by atoms with van der Waals surface area (Å²) in [4.78, 5) is 0. The molecule has 0 aliphatic rings. The Morgan fingerprint density at radius 3 is 2.30 bits per heavy atom. The fourth-order valence-electron chi connectivity index (χ4n) is 2.15. The summed E-state index contributed by atoms with van der Waals surface area (Å²) in [6.45, 7) is 0. The first kappa shape index (κ1) is 12.1. The van der Waals surface area contributed by atoms with Gasteiger partial charge in [-0.25, -0.2) is 0 Å². The number of rotatable bonds is 2. The van der Waals surface area contributed by atoms with Gasteiger partial charge < -0.3 is 10.5 Å². The molecule has 0 fully saturated rings. The van der Waals surface area contributed by atoms with Gasteiger partial charge in [0.1, 0.15) is 17.6 Å². The van der Waals surface area contributed by atoms with Gasteiger partial charge in [0.15, 0.2) is 0 Å². The number of fused-ring (bicyclic) bond motifs is 1. The average Bonchev–Trinajstić information content (AvgIpc) is 2.51. The minimum absolute atomic E-state index is 0.508. The number of nitrogens with two attached hydrogens (primary N) is 1. The molecule has 3 aromatic rings. The zero-order chi connectivity index (χ0) is 13.9. The Morgan fingerprint density at radius 2 is 1.50 bits per heavy atom. The van der Waals surface area contributed by atoms with Gasteiger partial charge in [0, 0.05) is 16.5 Å². The average molecular weight is 260 g/mol. The quantitative estimate of drug-likeness (QED) is 0.706. The molecule has 0 aromatic heterocycles. The van der Waals surface area contributed by atoms with Crippen LogP contribution in [0.4, 0.5) is 5.69 Å². The lowest BCUT2D eigenvalue weighted by molar-refractivity contribution is 0.487. The molecule has 2 N–H and O–H groups in total. The molecule has 0 saturated heterocycles. The van der Waals surface area contributed by atoms with Crippen molar-refractivity contribution in [3.8, 4) is 17.6 Å². The van der Waals surface area contributed by atoms with Crippen LogP contribution in [0.1, 0.15) is 5.56 Å². The second-order valence-corrected chi connectivity index (χ2v) is 4.41. The number of ether oxygens (including phenoxy) is 1. The van der Waals surface area contributed by atoms with Crippen LogP contribution in [0.3, 0.4) is 0 Å². The van der Waals surface area contributed by atoms with E-state index < -0.39 is 0 Å². The summed E-state index contributed by atoms with van der Waals surface area (Å²) in [6, 6.07) is 20.7. The summed E-state index contributed by atoms with van der Waals surface area (Å²) in [5, 5.41) is 11.0. The number of hydrogen-bond donors (Lipinski definition) is 1. The highest BCUT2D eigenvalue weighted by Crippen LogP contribution is 2.34. The van der Waals surface area contributed by atoms with Crippen LogP contribution in [-0.4, -0.2) is 0 Å². The lowest BCUT2D eigenvalue weighted by Gasteiger charge is -2.11. The topological polar surface area (TPSA) is 59.0 Å². The number of nitrogens with zero attached hydrogens (tertiary/aromatic N) is 1. The van der Waals surface area contributed by atoms with E-state index in [1.165, 1.54) is 0 Å². The summed E-state index contributed by atoms with van der Waals surface area (Å²) in [5.41, 5.74) is 7.18. The molecule has 3 heteroatoms. The van der Waals surface area contributed by atoms with Gasteiger partial charge in [0.2, 0.25) is 0 Å². The standard InChI is InChI=1S/C17H12N2O/c18-11-12-5-1-4-8-16(12)20-17-10-9-15(19)13-6-2-3-7-14(13)17/h1-10H,19H2. The molecular formula is C17H12N2O. The first-order chi connectivity index (χ1) is 9.79. The fourth-order valence-corrected chi connectivity index (χ4v) is 2.15. The van der Waals surface area contributed by atoms with Crippen molar-refractivity contribution in [2.75, 3.05) is 5.73 Å². The van der Waals surface area contributed by atoms with Crippen molar-refractivity contribution in [3.05, 3.63) is 66.2 Å². The van der Waals surface area contributed by atoms with Crippen LogP contribution >= 0.6 is 0 Å². The maximum absolute atomic E-state index is 9.10. The highest BCUT2D eigenvalue weighted by atomic mass is 16.5. The summed E-state index contributed by atoms with van der Waals surface area (Å²) >= 11 is 0. The normalized spacial score (nSPS) is 10.2. The van der Waals surface area contributed by atoms with Crippen LogP contribution < -0.4 is 10.5 Å². The van der Waals surface area contributed by atoms with Gasteiger partial charge in [-0.05, 0) is 24.3 Å². The Balaban J connectivity index is 2.12. The van der Waals surface area contributed by atoms with E-state index in [1.54, 1.807) is 12.1 Å². The van der Waals surface area contributed by atoms with Gasteiger partial charge in [-0.1, -0.05) is 36.4 Å². The van der Waals surface area contributed by atoms with Gasteiger partial charge in [0.05, 0.1) is 5.56 Å². The number of hydrogen-bond acceptors (Lipinski definition) is 3. The lowest BCUT2D eigenvalue weighted by atomic mass is 10.1. The molecule has 3 nitrogen and oxygen atoms in total. The third kappa shape index (κ3) is 2.04. The predicted molar refractivity (Wildman–Crippen MR) is 79.6 cm³/mol. The number of nitrogen functional groups attached to an aromatic ring is 1. The van der Waals surface area contributed by atoms with E-state index in [0.29, 0.717) is 22.7 Å². The number of nitriles is 1. The predicted octanol–water partition coefficient (Wildman–Crippen LogP) is 4.09. The van der Waals surface area contributed by atoms with Crippen molar-refractivity contribution >= 4 is 16.5 Å². The maximum Gasteiger partial charge on any atom is 0.145 e. The number of benzene rings is 3. The van der Waals surface area contributed by atoms with Crippen molar-refractivity contribution in [3.63, 3.8) is 0 Å². The molecule has 0 aliphatic heterocycles. The molecule has 0 heterocycles. The van der Waals surface area contributed by atoms with Crippen LogP contribution in [0, 0.1) is 11.3 Å². The van der Waals surface area contributed by atoms with Crippen LogP contribution in [0.15, 0.2) is 60.7 Å². The Hall–Kier alpha value is -2.99. The largest absolute Gasteiger partial charge is 0.455 e. The van der Waals surface area contributed by atoms with Gasteiger partial charge >= 0.3 is 0 Å². The Kier molecular flexibility index (Phi) is 2.98. The van der Waals surface area contributed by atoms with Crippen molar-refractivity contribution in [1.29, 1.82) is 5.26 Å². The van der Waals surface area contributed by atoms with Gasteiger partial charge in [-0.3, -0.25) is 0 Å². The third-order valence-corrected chi connectivity index (χ3v) is 3.15. The molecule has 0 aliphatic carbocycles. The van der Waals surface area contributed by atoms with Crippen LogP contribution in [0.2, 0.25) is 0 Å². The number of anilines is 1. The maximum atomic E-state index is 9.10. The van der Waals surface area contributed by atoms with Crippen LogP contribution in [-0.2, 0) is 0 Å². The highest BCUT2D eigenvalue weighted by Gasteiger charge is 2.08. The van der Waals surface area contributed by atoms with Gasteiger partial charge in [-0.2, -0.15) is 5.26 Å². The van der Waals surface area contributed by atoms with E-state index in [0.717, 1.165) is 10.8 Å². The van der Waals surface area contributed by atoms with E-state index in [9.17, 15) is 0 Å². The Labute approximate surface area is 116 Å². The SMILES string of the molecule is N#Cc1ccccc1Oc1ccc(N)c2ccccc12. The third-order valence-electron chi connectivity index (χ3n) is 3.15. The fraction of sp³-hybridized carbons (Fsp3) is 0. The minimum Gasteiger partial charge on any atom is -0.455 e. The molecule has 96 valence electrons. The lowest BCUT2D eigenvalue weighted by Crippen LogP contribution is -1.92. The van der Waals surface area contributed by atoms with Crippen LogP contribution in [0.25, 0.3) is 10.8 Å². The summed E-state index contributed by atoms with van der Waals surface area (Å²) in [6.07, 6.45) is 0. The van der Waals surface area contributed by atoms with Crippen molar-refractivity contribution in [1.82, 2.24) is 0 Å². The first-order valence-corrected chi connectivity index (χ1v) is 6.24. The van der Waals surface area contributed by atoms with Crippen LogP contribution in [0.5, 0.6) is 11.5 Å². The van der Waals surface area contributed by atoms with Gasteiger partial charge in [0.25, 0.3) is 0 Å². The number of para-hydroxylation sites is 1. The first-order valence-electron chi connectivity index (χ1n) is 6.24. The van der Waals surface area contributed by atoms with Gasteiger partial charge in [-0.15, -0.1) is 0 Å². The molecule has 3 rings (SSSR count). The zero-order valence-corrected chi connectivity index (χ0v) is 10.7. The van der Waals surface area contributed by atoms with Crippen molar-refractivity contribution in [2.24, 2.45) is 0 Å². The molecule has 0 radical (unpaired) electrons. The smallest absolute Gasteiger partial charge is 0.145 e. The molecular weight excluding hydrogens is 248 g/mol. The van der Waals surface area contributed by atoms with Crippen molar-refractivity contribution < 1.29 is 4.74 Å². The molecule has 0 bridgehead atoms. The summed E-state index contributed by atoms with van der Waals surface area (Å²) in [7, 11) is 0. The van der Waals surface area contributed by atoms with E-state index in [1.807, 2.05) is 48.5 Å². The molecule has 0 spiro atoms. The van der Waals surface area contributed by atoms with E-state index in [-0.39, 0.29) is 0 Å². The molecule has 0 atom stereocenters. The zero-order valence-electron chi connectivity index (χ0n) is 10.7. The van der Waals surface area contributed by atoms with Crippen molar-refractivity contribution in [2.45, 2.75) is 0 Å². The van der Waals surface area contributed by atoms with E-state index in [4.69, 9.17) is 15.7 Å². The second-order valence-electron chi connectivity index (χ2n) is 4.41. The molecule has 0 amide bonds. The second kappa shape index (κ2) is 4.94. The molecule has 3 aromatic carbocycles. The highest BCUT2D eigenvalue weighted by molar-refractivity contribution is 5.97. The Bertz CT molecular complexity index is 819. The molecule has 20 heavy (non-hydrogen) atoms. The minimum atomic E-state index is 0.508.